The van der Waals surface area contributed by atoms with Gasteiger partial charge in [0.2, 0.25) is 0 Å². The number of nitrogens with one attached hydrogen (secondary N) is 3. The van der Waals surface area contributed by atoms with Crippen LogP contribution in [0.1, 0.15) is 36.7 Å². The summed E-state index contributed by atoms with van der Waals surface area (Å²) in [5.41, 5.74) is 1.28. The zero-order valence-electron chi connectivity index (χ0n) is 17.5. The van der Waals surface area contributed by atoms with E-state index in [1.807, 2.05) is 44.2 Å². The maximum Gasteiger partial charge on any atom is 0.257 e. The molecule has 2 rings (SSSR count). The first-order valence-electron chi connectivity index (χ1n) is 9.79. The molecular weight excluding hydrogens is 382 g/mol. The lowest BCUT2D eigenvalue weighted by Gasteiger charge is -2.15. The van der Waals surface area contributed by atoms with Gasteiger partial charge in [-0.2, -0.15) is 0 Å². The predicted octanol–water partition coefficient (Wildman–Crippen LogP) is 3.24. The van der Waals surface area contributed by atoms with Crippen LogP contribution in [0.3, 0.4) is 0 Å². The standard InChI is InChI=1S/C23H29N3O4/c1-16(2)25-10-9-22(24)26-23(28)19-11-20(13-21(12-19)30-17(3)14-27)29-15-18-7-5-4-6-8-18/h4-13,16-17,25,27H,14-15H2,1-3H3,(H2,24,26,28)/b10-9-/t17-/m0/s1. The molecule has 7 nitrogen and oxygen atoms in total. The summed E-state index contributed by atoms with van der Waals surface area (Å²) in [4.78, 5) is 12.6. The van der Waals surface area contributed by atoms with Gasteiger partial charge in [0.1, 0.15) is 30.0 Å². The normalized spacial score (nSPS) is 11.9. The molecule has 4 N–H and O–H groups in total. The van der Waals surface area contributed by atoms with Crippen LogP contribution in [0.4, 0.5) is 0 Å². The fourth-order valence-electron chi connectivity index (χ4n) is 2.42. The van der Waals surface area contributed by atoms with E-state index in [4.69, 9.17) is 14.9 Å². The largest absolute Gasteiger partial charge is 0.489 e. The molecule has 0 heterocycles. The Balaban J connectivity index is 2.15. The van der Waals surface area contributed by atoms with Crippen molar-refractivity contribution in [1.29, 1.82) is 5.41 Å². The first-order valence-corrected chi connectivity index (χ1v) is 9.79. The molecule has 0 bridgehead atoms. The lowest BCUT2D eigenvalue weighted by Crippen LogP contribution is -2.29. The van der Waals surface area contributed by atoms with Crippen LogP contribution in [0.15, 0.2) is 60.8 Å². The van der Waals surface area contributed by atoms with Gasteiger partial charge in [-0.15, -0.1) is 0 Å². The highest BCUT2D eigenvalue weighted by atomic mass is 16.5. The number of aliphatic hydroxyl groups is 1. The van der Waals surface area contributed by atoms with Crippen LogP contribution < -0.4 is 20.1 Å². The Bertz CT molecular complexity index is 866. The first kappa shape index (κ1) is 23.0. The third-order valence-electron chi connectivity index (χ3n) is 3.91. The van der Waals surface area contributed by atoms with Gasteiger partial charge >= 0.3 is 0 Å². The lowest BCUT2D eigenvalue weighted by molar-refractivity contribution is 0.0974. The fraction of sp³-hybridized carbons (Fsp3) is 0.304. The van der Waals surface area contributed by atoms with Crippen molar-refractivity contribution in [2.24, 2.45) is 0 Å². The average Bonchev–Trinajstić information content (AvgIpc) is 2.72. The minimum atomic E-state index is -0.458. The molecule has 0 fully saturated rings. The summed E-state index contributed by atoms with van der Waals surface area (Å²) in [5, 5.41) is 22.7. The van der Waals surface area contributed by atoms with Gasteiger partial charge in [-0.1, -0.05) is 30.3 Å². The number of hydrogen-bond donors (Lipinski definition) is 4. The molecule has 160 valence electrons. The number of hydrogen-bond acceptors (Lipinski definition) is 6. The van der Waals surface area contributed by atoms with Crippen LogP contribution in [0.5, 0.6) is 11.5 Å². The highest BCUT2D eigenvalue weighted by molar-refractivity contribution is 6.09. The Morgan fingerprint density at radius 2 is 1.83 bits per heavy atom. The molecule has 0 radical (unpaired) electrons. The predicted molar refractivity (Wildman–Crippen MR) is 117 cm³/mol. The third kappa shape index (κ3) is 7.97. The van der Waals surface area contributed by atoms with Crippen LogP contribution in [0.25, 0.3) is 0 Å². The van der Waals surface area contributed by atoms with Crippen molar-refractivity contribution in [2.45, 2.75) is 39.5 Å². The molecule has 0 unspecified atom stereocenters. The zero-order valence-corrected chi connectivity index (χ0v) is 17.5. The third-order valence-corrected chi connectivity index (χ3v) is 3.91. The SMILES string of the molecule is CC(C)N/C=C\C(=N)NC(=O)c1cc(OCc2ccccc2)cc(O[C@@H](C)CO)c1. The number of ether oxygens (including phenoxy) is 2. The van der Waals surface area contributed by atoms with Gasteiger partial charge in [0.25, 0.3) is 5.91 Å². The fourth-order valence-corrected chi connectivity index (χ4v) is 2.42. The highest BCUT2D eigenvalue weighted by Gasteiger charge is 2.13. The van der Waals surface area contributed by atoms with Crippen molar-refractivity contribution >= 4 is 11.7 Å². The molecule has 0 saturated carbocycles. The molecule has 0 aromatic heterocycles. The van der Waals surface area contributed by atoms with Crippen LogP contribution in [0, 0.1) is 5.41 Å². The minimum absolute atomic E-state index is 0.0463. The zero-order chi connectivity index (χ0) is 21.9. The number of rotatable bonds is 10. The molecule has 0 aliphatic carbocycles. The molecule has 2 aromatic rings. The summed E-state index contributed by atoms with van der Waals surface area (Å²) in [5.74, 6) is 0.349. The molecule has 0 aliphatic rings. The summed E-state index contributed by atoms with van der Waals surface area (Å²) in [7, 11) is 0. The molecule has 1 atom stereocenters. The van der Waals surface area contributed by atoms with Crippen molar-refractivity contribution in [3.8, 4) is 11.5 Å². The van der Waals surface area contributed by atoms with Gasteiger partial charge in [-0.25, -0.2) is 0 Å². The van der Waals surface area contributed by atoms with E-state index >= 15 is 0 Å². The summed E-state index contributed by atoms with van der Waals surface area (Å²) >= 11 is 0. The summed E-state index contributed by atoms with van der Waals surface area (Å²) in [6.07, 6.45) is 2.65. The number of aliphatic hydroxyl groups excluding tert-OH is 1. The molecule has 0 spiro atoms. The van der Waals surface area contributed by atoms with Crippen molar-refractivity contribution in [3.05, 3.63) is 71.9 Å². The molecule has 7 heteroatoms. The van der Waals surface area contributed by atoms with Crippen LogP contribution in [-0.2, 0) is 6.61 Å². The Morgan fingerprint density at radius 3 is 2.50 bits per heavy atom. The van der Waals surface area contributed by atoms with Gasteiger partial charge in [0, 0.05) is 23.9 Å². The molecule has 30 heavy (non-hydrogen) atoms. The van der Waals surface area contributed by atoms with Crippen LogP contribution in [0.2, 0.25) is 0 Å². The van der Waals surface area contributed by atoms with Gasteiger partial charge < -0.3 is 25.2 Å². The van der Waals surface area contributed by atoms with E-state index < -0.39 is 12.0 Å². The Labute approximate surface area is 177 Å². The Hall–Kier alpha value is -3.32. The summed E-state index contributed by atoms with van der Waals surface area (Å²) < 4.78 is 11.5. The molecule has 0 saturated heterocycles. The number of benzene rings is 2. The number of carbonyl (C=O) groups excluding carboxylic acids is 1. The Kier molecular flexibility index (Phi) is 8.90. The van der Waals surface area contributed by atoms with Crippen molar-refractivity contribution in [2.75, 3.05) is 6.61 Å². The van der Waals surface area contributed by atoms with E-state index in [9.17, 15) is 9.90 Å². The number of amides is 1. The summed E-state index contributed by atoms with van der Waals surface area (Å²) in [6, 6.07) is 14.7. The monoisotopic (exact) mass is 411 g/mol. The Morgan fingerprint density at radius 1 is 1.13 bits per heavy atom. The second kappa shape index (κ2) is 11.6. The van der Waals surface area contributed by atoms with E-state index in [0.29, 0.717) is 18.1 Å². The van der Waals surface area contributed by atoms with Gasteiger partial charge in [0.15, 0.2) is 0 Å². The van der Waals surface area contributed by atoms with Crippen molar-refractivity contribution in [3.63, 3.8) is 0 Å². The maximum absolute atomic E-state index is 12.6. The quantitative estimate of drug-likeness (QED) is 0.355. The first-order chi connectivity index (χ1) is 14.4. The average molecular weight is 412 g/mol. The topological polar surface area (TPSA) is 104 Å². The summed E-state index contributed by atoms with van der Waals surface area (Å²) in [6.45, 7) is 5.85. The highest BCUT2D eigenvalue weighted by Crippen LogP contribution is 2.25. The van der Waals surface area contributed by atoms with Crippen LogP contribution in [-0.4, -0.2) is 35.6 Å². The molecular formula is C23H29N3O4. The van der Waals surface area contributed by atoms with Gasteiger partial charge in [0.05, 0.1) is 6.61 Å². The molecule has 1 amide bonds. The molecule has 2 aromatic carbocycles. The second-order valence-corrected chi connectivity index (χ2v) is 7.10. The van der Waals surface area contributed by atoms with E-state index in [2.05, 4.69) is 10.6 Å². The molecule has 0 aliphatic heterocycles. The number of carbonyl (C=O) groups is 1. The van der Waals surface area contributed by atoms with Crippen molar-refractivity contribution in [1.82, 2.24) is 10.6 Å². The van der Waals surface area contributed by atoms with E-state index in [0.717, 1.165) is 5.56 Å². The van der Waals surface area contributed by atoms with E-state index in [1.165, 1.54) is 6.08 Å². The van der Waals surface area contributed by atoms with Crippen molar-refractivity contribution < 1.29 is 19.4 Å². The minimum Gasteiger partial charge on any atom is -0.489 e. The van der Waals surface area contributed by atoms with Gasteiger partial charge in [-0.3, -0.25) is 10.2 Å². The number of amidine groups is 1. The second-order valence-electron chi connectivity index (χ2n) is 7.10. The lowest BCUT2D eigenvalue weighted by atomic mass is 10.1. The van der Waals surface area contributed by atoms with E-state index in [1.54, 1.807) is 31.3 Å². The van der Waals surface area contributed by atoms with Crippen LogP contribution >= 0.6 is 0 Å². The van der Waals surface area contributed by atoms with E-state index in [-0.39, 0.29) is 24.0 Å². The van der Waals surface area contributed by atoms with Gasteiger partial charge in [-0.05, 0) is 44.5 Å². The maximum atomic E-state index is 12.6. The smallest absolute Gasteiger partial charge is 0.257 e.